The van der Waals surface area contributed by atoms with Gasteiger partial charge < -0.3 is 20.1 Å². The lowest BCUT2D eigenvalue weighted by Gasteiger charge is -2.38. The van der Waals surface area contributed by atoms with Crippen molar-refractivity contribution < 1.29 is 14.6 Å². The average Bonchev–Trinajstić information content (AvgIpc) is 2.69. The Bertz CT molecular complexity index is 773. The van der Waals surface area contributed by atoms with Gasteiger partial charge >= 0.3 is 0 Å². The minimum atomic E-state index is -0.244. The zero-order valence-electron chi connectivity index (χ0n) is 15.9. The van der Waals surface area contributed by atoms with Crippen LogP contribution in [0.25, 0.3) is 0 Å². The Morgan fingerprint density at radius 2 is 1.78 bits per heavy atom. The first-order valence-corrected chi connectivity index (χ1v) is 9.40. The summed E-state index contributed by atoms with van der Waals surface area (Å²) in [6, 6.07) is 14.6. The molecule has 1 atom stereocenters. The number of aromatic hydroxyl groups is 1. The van der Waals surface area contributed by atoms with E-state index in [9.17, 15) is 9.90 Å². The van der Waals surface area contributed by atoms with Gasteiger partial charge in [-0.2, -0.15) is 0 Å². The summed E-state index contributed by atoms with van der Waals surface area (Å²) in [7, 11) is 0. The SMILES string of the molecule is CCOc1ccccc1NC(=O)[C@H](C)N1CCN(c2ccccc2O)CC1. The highest BCUT2D eigenvalue weighted by molar-refractivity contribution is 5.95. The third-order valence-corrected chi connectivity index (χ3v) is 4.91. The minimum absolute atomic E-state index is 0.0434. The lowest BCUT2D eigenvalue weighted by Crippen LogP contribution is -2.52. The Hall–Kier alpha value is -2.73. The minimum Gasteiger partial charge on any atom is -0.506 e. The standard InChI is InChI=1S/C21H27N3O3/c1-3-27-20-11-7-4-8-17(20)22-21(26)16(2)23-12-14-24(15-13-23)18-9-5-6-10-19(18)25/h4-11,16,25H,3,12-15H2,1-2H3,(H,22,26)/t16-/m0/s1. The average molecular weight is 369 g/mol. The van der Waals surface area contributed by atoms with Crippen molar-refractivity contribution in [3.05, 3.63) is 48.5 Å². The third-order valence-electron chi connectivity index (χ3n) is 4.91. The summed E-state index contributed by atoms with van der Waals surface area (Å²) in [5, 5.41) is 13.0. The molecule has 0 saturated carbocycles. The molecule has 2 aromatic rings. The van der Waals surface area contributed by atoms with Crippen molar-refractivity contribution in [2.45, 2.75) is 19.9 Å². The molecule has 27 heavy (non-hydrogen) atoms. The molecule has 6 nitrogen and oxygen atoms in total. The van der Waals surface area contributed by atoms with Gasteiger partial charge in [-0.15, -0.1) is 0 Å². The number of hydrogen-bond donors (Lipinski definition) is 2. The molecule has 1 fully saturated rings. The Balaban J connectivity index is 1.58. The number of phenolic OH excluding ortho intramolecular Hbond substituents is 1. The van der Waals surface area contributed by atoms with Crippen molar-refractivity contribution in [3.8, 4) is 11.5 Å². The summed E-state index contributed by atoms with van der Waals surface area (Å²) >= 11 is 0. The molecular formula is C21H27N3O3. The molecule has 6 heteroatoms. The Kier molecular flexibility index (Phi) is 6.19. The topological polar surface area (TPSA) is 65.0 Å². The highest BCUT2D eigenvalue weighted by Gasteiger charge is 2.26. The van der Waals surface area contributed by atoms with Crippen molar-refractivity contribution >= 4 is 17.3 Å². The number of rotatable bonds is 6. The maximum atomic E-state index is 12.7. The number of piperazine rings is 1. The summed E-state index contributed by atoms with van der Waals surface area (Å²) in [4.78, 5) is 17.0. The highest BCUT2D eigenvalue weighted by Crippen LogP contribution is 2.28. The van der Waals surface area contributed by atoms with E-state index >= 15 is 0 Å². The van der Waals surface area contributed by atoms with E-state index in [0.717, 1.165) is 31.9 Å². The van der Waals surface area contributed by atoms with Gasteiger partial charge in [0, 0.05) is 26.2 Å². The Labute approximate surface area is 160 Å². The van der Waals surface area contributed by atoms with E-state index in [1.54, 1.807) is 6.07 Å². The van der Waals surface area contributed by atoms with Crippen LogP contribution in [0.4, 0.5) is 11.4 Å². The van der Waals surface area contributed by atoms with Gasteiger partial charge in [-0.3, -0.25) is 9.69 Å². The van der Waals surface area contributed by atoms with Crippen LogP contribution in [-0.4, -0.2) is 54.7 Å². The molecule has 0 spiro atoms. The fourth-order valence-electron chi connectivity index (χ4n) is 3.34. The Morgan fingerprint density at radius 1 is 1.11 bits per heavy atom. The molecule has 1 aliphatic heterocycles. The number of nitrogens with one attached hydrogen (secondary N) is 1. The normalized spacial score (nSPS) is 16.0. The summed E-state index contributed by atoms with van der Waals surface area (Å²) in [6.45, 7) is 7.46. The molecule has 0 radical (unpaired) electrons. The fourth-order valence-corrected chi connectivity index (χ4v) is 3.34. The van der Waals surface area contributed by atoms with Crippen LogP contribution in [0.15, 0.2) is 48.5 Å². The fraction of sp³-hybridized carbons (Fsp3) is 0.381. The Morgan fingerprint density at radius 3 is 2.48 bits per heavy atom. The third kappa shape index (κ3) is 4.52. The molecule has 0 aromatic heterocycles. The van der Waals surface area contributed by atoms with Gasteiger partial charge in [-0.25, -0.2) is 0 Å². The quantitative estimate of drug-likeness (QED) is 0.820. The molecule has 1 heterocycles. The number of para-hydroxylation sites is 4. The zero-order valence-corrected chi connectivity index (χ0v) is 15.9. The molecule has 0 unspecified atom stereocenters. The maximum absolute atomic E-state index is 12.7. The molecule has 1 saturated heterocycles. The number of phenols is 1. The van der Waals surface area contributed by atoms with E-state index in [-0.39, 0.29) is 11.9 Å². The molecule has 2 N–H and O–H groups in total. The van der Waals surface area contributed by atoms with Crippen LogP contribution in [-0.2, 0) is 4.79 Å². The second-order valence-corrected chi connectivity index (χ2v) is 6.61. The van der Waals surface area contributed by atoms with Crippen LogP contribution in [0.3, 0.4) is 0 Å². The summed E-state index contributed by atoms with van der Waals surface area (Å²) in [6.07, 6.45) is 0. The molecule has 2 aromatic carbocycles. The van der Waals surface area contributed by atoms with Gasteiger partial charge in [0.05, 0.1) is 24.0 Å². The largest absolute Gasteiger partial charge is 0.506 e. The first-order valence-electron chi connectivity index (χ1n) is 9.40. The summed E-state index contributed by atoms with van der Waals surface area (Å²) in [5.74, 6) is 0.937. The van der Waals surface area contributed by atoms with Crippen LogP contribution in [0.5, 0.6) is 11.5 Å². The van der Waals surface area contributed by atoms with Crippen LogP contribution in [0.1, 0.15) is 13.8 Å². The van der Waals surface area contributed by atoms with Crippen LogP contribution in [0, 0.1) is 0 Å². The van der Waals surface area contributed by atoms with Crippen LogP contribution >= 0.6 is 0 Å². The molecule has 0 bridgehead atoms. The number of anilines is 2. The second-order valence-electron chi connectivity index (χ2n) is 6.61. The van der Waals surface area contributed by atoms with Crippen LogP contribution < -0.4 is 15.0 Å². The first-order chi connectivity index (χ1) is 13.1. The molecule has 144 valence electrons. The predicted molar refractivity (Wildman–Crippen MR) is 108 cm³/mol. The van der Waals surface area contributed by atoms with Gasteiger partial charge in [0.15, 0.2) is 0 Å². The smallest absolute Gasteiger partial charge is 0.241 e. The number of hydrogen-bond acceptors (Lipinski definition) is 5. The number of nitrogens with zero attached hydrogens (tertiary/aromatic N) is 2. The summed E-state index contributed by atoms with van der Waals surface area (Å²) in [5.41, 5.74) is 1.55. The zero-order chi connectivity index (χ0) is 19.2. The van der Waals surface area contributed by atoms with E-state index in [1.165, 1.54) is 0 Å². The van der Waals surface area contributed by atoms with Crippen molar-refractivity contribution in [2.24, 2.45) is 0 Å². The summed E-state index contributed by atoms with van der Waals surface area (Å²) < 4.78 is 5.58. The van der Waals surface area contributed by atoms with E-state index in [4.69, 9.17) is 4.74 Å². The van der Waals surface area contributed by atoms with E-state index < -0.39 is 0 Å². The van der Waals surface area contributed by atoms with Gasteiger partial charge in [-0.1, -0.05) is 24.3 Å². The number of ether oxygens (including phenoxy) is 1. The number of carbonyl (C=O) groups is 1. The van der Waals surface area contributed by atoms with Crippen LogP contribution in [0.2, 0.25) is 0 Å². The lowest BCUT2D eigenvalue weighted by molar-refractivity contribution is -0.120. The van der Waals surface area contributed by atoms with Gasteiger partial charge in [0.25, 0.3) is 0 Å². The lowest BCUT2D eigenvalue weighted by atomic mass is 10.2. The predicted octanol–water partition coefficient (Wildman–Crippen LogP) is 2.94. The molecule has 1 amide bonds. The molecule has 3 rings (SSSR count). The number of benzene rings is 2. The number of amides is 1. The van der Waals surface area contributed by atoms with Gasteiger partial charge in [-0.05, 0) is 38.1 Å². The molecule has 0 aliphatic carbocycles. The second kappa shape index (κ2) is 8.77. The van der Waals surface area contributed by atoms with Crippen molar-refractivity contribution in [1.82, 2.24) is 4.90 Å². The van der Waals surface area contributed by atoms with E-state index in [1.807, 2.05) is 56.3 Å². The highest BCUT2D eigenvalue weighted by atomic mass is 16.5. The maximum Gasteiger partial charge on any atom is 0.241 e. The molecular weight excluding hydrogens is 342 g/mol. The van der Waals surface area contributed by atoms with Crippen molar-refractivity contribution in [1.29, 1.82) is 0 Å². The molecule has 1 aliphatic rings. The van der Waals surface area contributed by atoms with Gasteiger partial charge in [0.2, 0.25) is 5.91 Å². The number of carbonyl (C=O) groups excluding carboxylic acids is 1. The first kappa shape index (κ1) is 19.0. The van der Waals surface area contributed by atoms with E-state index in [0.29, 0.717) is 23.8 Å². The van der Waals surface area contributed by atoms with E-state index in [2.05, 4.69) is 15.1 Å². The van der Waals surface area contributed by atoms with Gasteiger partial charge in [0.1, 0.15) is 11.5 Å². The van der Waals surface area contributed by atoms with Crippen molar-refractivity contribution in [3.63, 3.8) is 0 Å². The monoisotopic (exact) mass is 369 g/mol. The van der Waals surface area contributed by atoms with Crippen molar-refractivity contribution in [2.75, 3.05) is 43.0 Å².